The van der Waals surface area contributed by atoms with Crippen LogP contribution in [0.25, 0.3) is 0 Å². The number of carbonyl (C=O) groups is 1. The van der Waals surface area contributed by atoms with Gasteiger partial charge in [-0.2, -0.15) is 0 Å². The van der Waals surface area contributed by atoms with E-state index in [0.717, 1.165) is 16.7 Å². The zero-order valence-electron chi connectivity index (χ0n) is 13.1. The van der Waals surface area contributed by atoms with Crippen molar-refractivity contribution in [3.05, 3.63) is 108 Å². The molecule has 0 bridgehead atoms. The van der Waals surface area contributed by atoms with Crippen LogP contribution < -0.4 is 5.73 Å². The van der Waals surface area contributed by atoms with Gasteiger partial charge >= 0.3 is 0 Å². The third kappa shape index (κ3) is 2.75. The van der Waals surface area contributed by atoms with Crippen LogP contribution in [0.15, 0.2) is 91.0 Å². The second-order valence-electron chi connectivity index (χ2n) is 5.69. The Morgan fingerprint density at radius 3 is 1.25 bits per heavy atom. The van der Waals surface area contributed by atoms with Crippen molar-refractivity contribution in [2.45, 2.75) is 11.5 Å². The summed E-state index contributed by atoms with van der Waals surface area (Å²) in [7, 11) is 0. The smallest absolute Gasteiger partial charge is 0.240 e. The van der Waals surface area contributed by atoms with Gasteiger partial charge in [0.1, 0.15) is 0 Å². The van der Waals surface area contributed by atoms with Crippen molar-refractivity contribution in [1.29, 1.82) is 0 Å². The van der Waals surface area contributed by atoms with Crippen molar-refractivity contribution in [3.63, 3.8) is 0 Å². The molecule has 0 saturated heterocycles. The number of hydrogen-bond acceptors (Lipinski definition) is 2. The molecule has 2 nitrogen and oxygen atoms in total. The predicted molar refractivity (Wildman–Crippen MR) is 98.0 cm³/mol. The first-order valence-electron chi connectivity index (χ1n) is 7.79. The third-order valence-corrected chi connectivity index (χ3v) is 4.63. The summed E-state index contributed by atoms with van der Waals surface area (Å²) in [6, 6.07) is 28.5. The highest BCUT2D eigenvalue weighted by molar-refractivity contribution is 6.65. The molecular weight excluding hydrogens is 318 g/mol. The average molecular weight is 336 g/mol. The first-order valence-corrected chi connectivity index (χ1v) is 8.16. The van der Waals surface area contributed by atoms with E-state index in [1.165, 1.54) is 0 Å². The van der Waals surface area contributed by atoms with Crippen molar-refractivity contribution < 1.29 is 4.79 Å². The lowest BCUT2D eigenvalue weighted by molar-refractivity contribution is -0.113. The summed E-state index contributed by atoms with van der Waals surface area (Å²) in [5.74, 6) is 0. The molecule has 0 aliphatic heterocycles. The molecule has 3 aromatic rings. The Bertz CT molecular complexity index is 706. The Morgan fingerprint density at radius 2 is 1.00 bits per heavy atom. The molecule has 120 valence electrons. The summed E-state index contributed by atoms with van der Waals surface area (Å²) >= 11 is 5.90. The highest BCUT2D eigenvalue weighted by Crippen LogP contribution is 2.42. The monoisotopic (exact) mass is 335 g/mol. The second kappa shape index (κ2) is 7.00. The summed E-state index contributed by atoms with van der Waals surface area (Å²) in [6.07, 6.45) is 0. The van der Waals surface area contributed by atoms with E-state index >= 15 is 0 Å². The normalized spacial score (nSPS) is 12.6. The third-order valence-electron chi connectivity index (χ3n) is 4.40. The van der Waals surface area contributed by atoms with Crippen LogP contribution in [-0.2, 0) is 10.2 Å². The topological polar surface area (TPSA) is 43.1 Å². The lowest BCUT2D eigenvalue weighted by Crippen LogP contribution is -2.50. The summed E-state index contributed by atoms with van der Waals surface area (Å²) in [5, 5.41) is -0.563. The largest absolute Gasteiger partial charge is 0.319 e. The molecule has 1 atom stereocenters. The van der Waals surface area contributed by atoms with Crippen molar-refractivity contribution >= 4 is 16.8 Å². The van der Waals surface area contributed by atoms with Gasteiger partial charge in [0.2, 0.25) is 5.24 Å². The van der Waals surface area contributed by atoms with Gasteiger partial charge in [0.25, 0.3) is 0 Å². The zero-order chi connectivity index (χ0) is 17.0. The summed E-state index contributed by atoms with van der Waals surface area (Å²) in [6.45, 7) is 0. The maximum atomic E-state index is 12.2. The highest BCUT2D eigenvalue weighted by Gasteiger charge is 2.44. The van der Waals surface area contributed by atoms with Gasteiger partial charge in [-0.3, -0.25) is 4.79 Å². The van der Waals surface area contributed by atoms with E-state index in [9.17, 15) is 4.79 Å². The molecule has 0 spiro atoms. The minimum absolute atomic E-state index is 0.563. The molecule has 3 rings (SSSR count). The van der Waals surface area contributed by atoms with Gasteiger partial charge in [-0.15, -0.1) is 0 Å². The van der Waals surface area contributed by atoms with E-state index in [-0.39, 0.29) is 0 Å². The molecule has 0 radical (unpaired) electrons. The molecule has 1 unspecified atom stereocenters. The predicted octanol–water partition coefficient (Wildman–Crippen LogP) is 4.11. The van der Waals surface area contributed by atoms with Gasteiger partial charge in [-0.1, -0.05) is 91.0 Å². The van der Waals surface area contributed by atoms with Crippen molar-refractivity contribution in [2.24, 2.45) is 5.73 Å². The lowest BCUT2D eigenvalue weighted by atomic mass is 9.65. The summed E-state index contributed by atoms with van der Waals surface area (Å²) in [4.78, 5) is 12.2. The number of rotatable bonds is 5. The van der Waals surface area contributed by atoms with Crippen molar-refractivity contribution in [2.75, 3.05) is 0 Å². The zero-order valence-corrected chi connectivity index (χ0v) is 13.9. The van der Waals surface area contributed by atoms with Crippen LogP contribution in [0, 0.1) is 0 Å². The Kier molecular flexibility index (Phi) is 4.79. The fourth-order valence-corrected chi connectivity index (χ4v) is 3.48. The number of nitrogens with two attached hydrogens (primary N) is 1. The van der Waals surface area contributed by atoms with Crippen LogP contribution in [0.2, 0.25) is 0 Å². The van der Waals surface area contributed by atoms with Crippen LogP contribution in [0.3, 0.4) is 0 Å². The van der Waals surface area contributed by atoms with Gasteiger partial charge < -0.3 is 5.73 Å². The SMILES string of the molecule is NC(C(=O)Cl)C(c1ccccc1)(c1ccccc1)c1ccccc1. The molecule has 0 fully saturated rings. The average Bonchev–Trinajstić information content (AvgIpc) is 2.65. The number of hydrogen-bond donors (Lipinski definition) is 1. The molecule has 3 heteroatoms. The van der Waals surface area contributed by atoms with E-state index in [0.29, 0.717) is 0 Å². The quantitative estimate of drug-likeness (QED) is 0.563. The van der Waals surface area contributed by atoms with E-state index in [4.69, 9.17) is 17.3 Å². The van der Waals surface area contributed by atoms with Gasteiger partial charge in [-0.25, -0.2) is 0 Å². The lowest BCUT2D eigenvalue weighted by Gasteiger charge is -2.39. The van der Waals surface area contributed by atoms with Gasteiger partial charge in [0, 0.05) is 0 Å². The van der Waals surface area contributed by atoms with Crippen molar-refractivity contribution in [1.82, 2.24) is 0 Å². The molecule has 0 heterocycles. The molecule has 3 aromatic carbocycles. The minimum Gasteiger partial charge on any atom is -0.319 e. The van der Waals surface area contributed by atoms with Gasteiger partial charge in [0.15, 0.2) is 0 Å². The number of halogens is 1. The van der Waals surface area contributed by atoms with Crippen LogP contribution in [-0.4, -0.2) is 11.3 Å². The molecular formula is C21H18ClNO. The van der Waals surface area contributed by atoms with Gasteiger partial charge in [0.05, 0.1) is 11.5 Å². The summed E-state index contributed by atoms with van der Waals surface area (Å²) < 4.78 is 0. The van der Waals surface area contributed by atoms with Crippen LogP contribution in [0.4, 0.5) is 0 Å². The Labute approximate surface area is 146 Å². The van der Waals surface area contributed by atoms with E-state index < -0.39 is 16.7 Å². The fourth-order valence-electron chi connectivity index (χ4n) is 3.31. The van der Waals surface area contributed by atoms with E-state index in [2.05, 4.69) is 0 Å². The molecule has 24 heavy (non-hydrogen) atoms. The van der Waals surface area contributed by atoms with Crippen molar-refractivity contribution in [3.8, 4) is 0 Å². The molecule has 0 aliphatic rings. The minimum atomic E-state index is -0.911. The number of carbonyl (C=O) groups excluding carboxylic acids is 1. The Morgan fingerprint density at radius 1 is 0.708 bits per heavy atom. The van der Waals surface area contributed by atoms with E-state index in [1.54, 1.807) is 0 Å². The number of benzene rings is 3. The molecule has 0 amide bonds. The molecule has 0 aliphatic carbocycles. The fraction of sp³-hybridized carbons (Fsp3) is 0.0952. The van der Waals surface area contributed by atoms with E-state index in [1.807, 2.05) is 91.0 Å². The first kappa shape index (κ1) is 16.4. The standard InChI is InChI=1S/C21H18ClNO/c22-20(24)19(23)21(16-10-4-1-5-11-16,17-12-6-2-7-13-17)18-14-8-3-9-15-18/h1-15,19H,23H2. The summed E-state index contributed by atoms with van der Waals surface area (Å²) in [5.41, 5.74) is 8.37. The van der Waals surface area contributed by atoms with Crippen LogP contribution in [0.5, 0.6) is 0 Å². The van der Waals surface area contributed by atoms with Crippen LogP contribution >= 0.6 is 11.6 Å². The Balaban J connectivity index is 2.39. The molecule has 0 aromatic heterocycles. The second-order valence-corrected chi connectivity index (χ2v) is 6.06. The first-order chi connectivity index (χ1) is 11.7. The van der Waals surface area contributed by atoms with Crippen LogP contribution in [0.1, 0.15) is 16.7 Å². The maximum Gasteiger partial charge on any atom is 0.240 e. The molecule has 2 N–H and O–H groups in total. The molecule has 0 saturated carbocycles. The maximum absolute atomic E-state index is 12.2. The highest BCUT2D eigenvalue weighted by atomic mass is 35.5. The Hall–Kier alpha value is -2.42. The van der Waals surface area contributed by atoms with Gasteiger partial charge in [-0.05, 0) is 28.3 Å².